The van der Waals surface area contributed by atoms with Gasteiger partial charge in [-0.05, 0) is 19.8 Å². The van der Waals surface area contributed by atoms with Crippen molar-refractivity contribution in [2.45, 2.75) is 45.4 Å². The molecule has 0 unspecified atom stereocenters. The molecule has 0 aromatic rings. The highest BCUT2D eigenvalue weighted by molar-refractivity contribution is 7.51. The Bertz CT molecular complexity index is 178. The molecule has 0 aromatic carbocycles. The van der Waals surface area contributed by atoms with Gasteiger partial charge in [0.1, 0.15) is 0 Å². The summed E-state index contributed by atoms with van der Waals surface area (Å²) in [6.07, 6.45) is 6.02. The van der Waals surface area contributed by atoms with E-state index in [1.54, 1.807) is 0 Å². The van der Waals surface area contributed by atoms with Gasteiger partial charge < -0.3 is 14.5 Å². The van der Waals surface area contributed by atoms with Gasteiger partial charge in [0, 0.05) is 19.4 Å². The molecule has 15 heavy (non-hydrogen) atoms. The summed E-state index contributed by atoms with van der Waals surface area (Å²) >= 11 is 0. The van der Waals surface area contributed by atoms with Crippen LogP contribution in [0, 0.1) is 0 Å². The molecule has 0 atom stereocenters. The summed E-state index contributed by atoms with van der Waals surface area (Å²) in [4.78, 5) is 17.2. The molecule has 4 nitrogen and oxygen atoms in total. The van der Waals surface area contributed by atoms with Gasteiger partial charge in [0.25, 0.3) is 0 Å². The lowest BCUT2D eigenvalue weighted by Crippen LogP contribution is -1.93. The monoisotopic (exact) mass is 238 g/mol. The Balaban J connectivity index is 3.02. The SMILES string of the molecule is CCOCCCCCCCCP(=O)(O)O. The van der Waals surface area contributed by atoms with Gasteiger partial charge in [0.15, 0.2) is 0 Å². The zero-order valence-electron chi connectivity index (χ0n) is 9.52. The van der Waals surface area contributed by atoms with Crippen molar-refractivity contribution in [3.8, 4) is 0 Å². The lowest BCUT2D eigenvalue weighted by molar-refractivity contribution is 0.143. The highest BCUT2D eigenvalue weighted by atomic mass is 31.2. The van der Waals surface area contributed by atoms with Crippen LogP contribution in [0.25, 0.3) is 0 Å². The molecule has 0 aromatic heterocycles. The predicted octanol–water partition coefficient (Wildman–Crippen LogP) is 2.54. The molecule has 0 saturated heterocycles. The van der Waals surface area contributed by atoms with Gasteiger partial charge >= 0.3 is 7.60 Å². The Hall–Kier alpha value is 0.110. The molecule has 0 spiro atoms. The number of hydrogen-bond donors (Lipinski definition) is 2. The van der Waals surface area contributed by atoms with E-state index in [-0.39, 0.29) is 6.16 Å². The van der Waals surface area contributed by atoms with Gasteiger partial charge in [-0.2, -0.15) is 0 Å². The first-order chi connectivity index (χ1) is 7.06. The molecule has 0 aliphatic rings. The minimum absolute atomic E-state index is 0.0337. The van der Waals surface area contributed by atoms with Crippen molar-refractivity contribution in [2.75, 3.05) is 19.4 Å². The molecule has 0 fully saturated rings. The highest BCUT2D eigenvalue weighted by Crippen LogP contribution is 2.35. The van der Waals surface area contributed by atoms with Crippen molar-refractivity contribution in [1.29, 1.82) is 0 Å². The molecular weight excluding hydrogens is 215 g/mol. The van der Waals surface area contributed by atoms with Crippen LogP contribution >= 0.6 is 7.60 Å². The van der Waals surface area contributed by atoms with Crippen LogP contribution in [0.4, 0.5) is 0 Å². The number of unbranched alkanes of at least 4 members (excludes halogenated alkanes) is 5. The summed E-state index contributed by atoms with van der Waals surface area (Å²) in [5.41, 5.74) is 0. The summed E-state index contributed by atoms with van der Waals surface area (Å²) in [5, 5.41) is 0. The van der Waals surface area contributed by atoms with Crippen LogP contribution in [0.15, 0.2) is 0 Å². The molecule has 0 saturated carbocycles. The van der Waals surface area contributed by atoms with Crippen LogP contribution in [-0.4, -0.2) is 29.2 Å². The molecule has 0 aliphatic carbocycles. The maximum Gasteiger partial charge on any atom is 0.325 e. The summed E-state index contributed by atoms with van der Waals surface area (Å²) in [6, 6.07) is 0. The lowest BCUT2D eigenvalue weighted by Gasteiger charge is -2.04. The fourth-order valence-corrected chi connectivity index (χ4v) is 2.01. The molecule has 0 rings (SSSR count). The molecule has 2 N–H and O–H groups in total. The number of hydrogen-bond acceptors (Lipinski definition) is 2. The van der Waals surface area contributed by atoms with Crippen molar-refractivity contribution < 1.29 is 19.1 Å². The fraction of sp³-hybridized carbons (Fsp3) is 1.00. The normalized spacial score (nSPS) is 11.9. The van der Waals surface area contributed by atoms with Crippen molar-refractivity contribution in [2.24, 2.45) is 0 Å². The fourth-order valence-electron chi connectivity index (χ4n) is 1.37. The Morgan fingerprint density at radius 3 is 2.07 bits per heavy atom. The maximum atomic E-state index is 10.5. The van der Waals surface area contributed by atoms with E-state index in [1.165, 1.54) is 0 Å². The predicted molar refractivity (Wildman–Crippen MR) is 61.1 cm³/mol. The van der Waals surface area contributed by atoms with Gasteiger partial charge in [-0.3, -0.25) is 4.57 Å². The van der Waals surface area contributed by atoms with E-state index in [4.69, 9.17) is 14.5 Å². The van der Waals surface area contributed by atoms with E-state index in [0.717, 1.165) is 45.3 Å². The van der Waals surface area contributed by atoms with Crippen LogP contribution in [0.5, 0.6) is 0 Å². The van der Waals surface area contributed by atoms with E-state index in [0.29, 0.717) is 6.42 Å². The van der Waals surface area contributed by atoms with Crippen molar-refractivity contribution in [3.05, 3.63) is 0 Å². The first-order valence-corrected chi connectivity index (χ1v) is 7.48. The number of ether oxygens (including phenoxy) is 1. The van der Waals surface area contributed by atoms with Gasteiger partial charge in [0.2, 0.25) is 0 Å². The minimum atomic E-state index is -3.76. The largest absolute Gasteiger partial charge is 0.382 e. The number of rotatable bonds is 10. The summed E-state index contributed by atoms with van der Waals surface area (Å²) in [7, 11) is -3.76. The minimum Gasteiger partial charge on any atom is -0.382 e. The van der Waals surface area contributed by atoms with Crippen LogP contribution < -0.4 is 0 Å². The van der Waals surface area contributed by atoms with E-state index in [9.17, 15) is 4.57 Å². The molecule has 5 heteroatoms. The molecule has 92 valence electrons. The third-order valence-electron chi connectivity index (χ3n) is 2.19. The second kappa shape index (κ2) is 9.34. The first kappa shape index (κ1) is 15.1. The van der Waals surface area contributed by atoms with E-state index < -0.39 is 7.60 Å². The Morgan fingerprint density at radius 2 is 1.53 bits per heavy atom. The first-order valence-electron chi connectivity index (χ1n) is 5.68. The smallest absolute Gasteiger partial charge is 0.325 e. The van der Waals surface area contributed by atoms with Crippen molar-refractivity contribution in [3.63, 3.8) is 0 Å². The molecule has 0 heterocycles. The van der Waals surface area contributed by atoms with E-state index >= 15 is 0 Å². The van der Waals surface area contributed by atoms with E-state index in [2.05, 4.69) is 0 Å². The zero-order chi connectivity index (χ0) is 11.6. The third-order valence-corrected chi connectivity index (χ3v) is 3.09. The van der Waals surface area contributed by atoms with Crippen molar-refractivity contribution >= 4 is 7.60 Å². The molecule has 0 radical (unpaired) electrons. The summed E-state index contributed by atoms with van der Waals surface area (Å²) < 4.78 is 15.7. The van der Waals surface area contributed by atoms with Crippen LogP contribution in [0.1, 0.15) is 45.4 Å². The quantitative estimate of drug-likeness (QED) is 0.453. The second-order valence-electron chi connectivity index (χ2n) is 3.71. The second-order valence-corrected chi connectivity index (χ2v) is 5.48. The average Bonchev–Trinajstić information content (AvgIpc) is 2.14. The summed E-state index contributed by atoms with van der Waals surface area (Å²) in [6.45, 7) is 3.60. The van der Waals surface area contributed by atoms with Gasteiger partial charge in [-0.1, -0.05) is 25.7 Å². The molecule has 0 bridgehead atoms. The van der Waals surface area contributed by atoms with Gasteiger partial charge in [-0.25, -0.2) is 0 Å². The molecule has 0 aliphatic heterocycles. The zero-order valence-corrected chi connectivity index (χ0v) is 10.4. The third kappa shape index (κ3) is 14.1. The molecule has 0 amide bonds. The standard InChI is InChI=1S/C10H23O4P/c1-2-14-9-7-5-3-4-6-8-10-15(11,12)13/h2-10H2,1H3,(H2,11,12,13). The van der Waals surface area contributed by atoms with Crippen molar-refractivity contribution in [1.82, 2.24) is 0 Å². The van der Waals surface area contributed by atoms with Crippen LogP contribution in [-0.2, 0) is 9.30 Å². The topological polar surface area (TPSA) is 66.8 Å². The lowest BCUT2D eigenvalue weighted by atomic mass is 10.1. The van der Waals surface area contributed by atoms with Crippen LogP contribution in [0.2, 0.25) is 0 Å². The highest BCUT2D eigenvalue weighted by Gasteiger charge is 2.10. The average molecular weight is 238 g/mol. The Kier molecular flexibility index (Phi) is 9.41. The maximum absolute atomic E-state index is 10.5. The summed E-state index contributed by atoms with van der Waals surface area (Å²) in [5.74, 6) is 0. The van der Waals surface area contributed by atoms with Gasteiger partial charge in [0.05, 0.1) is 0 Å². The Labute approximate surface area is 92.2 Å². The molecular formula is C10H23O4P. The van der Waals surface area contributed by atoms with Crippen LogP contribution in [0.3, 0.4) is 0 Å². The Morgan fingerprint density at radius 1 is 1.00 bits per heavy atom. The van der Waals surface area contributed by atoms with E-state index in [1.807, 2.05) is 6.92 Å². The van der Waals surface area contributed by atoms with Gasteiger partial charge in [-0.15, -0.1) is 0 Å².